The fourth-order valence-electron chi connectivity index (χ4n) is 4.09. The van der Waals surface area contributed by atoms with Gasteiger partial charge >= 0.3 is 5.97 Å². The van der Waals surface area contributed by atoms with Crippen molar-refractivity contribution in [1.82, 2.24) is 4.90 Å². The van der Waals surface area contributed by atoms with Crippen molar-refractivity contribution in [3.05, 3.63) is 54.1 Å². The first-order valence-corrected chi connectivity index (χ1v) is 10.1. The summed E-state index contributed by atoms with van der Waals surface area (Å²) in [6.07, 6.45) is 2.12. The number of aliphatic carboxylic acids is 1. The summed E-state index contributed by atoms with van der Waals surface area (Å²) in [6, 6.07) is 14.4. The SMILES string of the molecule is CCOc1ccccc1Oc1ccccc1C(=O)N1C[C@H](C(=O)O)[C@@H](C2CC2)C1. The average molecular weight is 395 g/mol. The number of benzene rings is 2. The molecule has 1 N–H and O–H groups in total. The zero-order chi connectivity index (χ0) is 20.4. The summed E-state index contributed by atoms with van der Waals surface area (Å²) in [4.78, 5) is 26.6. The number of nitrogens with zero attached hydrogens (tertiary/aromatic N) is 1. The number of para-hydroxylation sites is 3. The van der Waals surface area contributed by atoms with Gasteiger partial charge in [-0.1, -0.05) is 24.3 Å². The zero-order valence-corrected chi connectivity index (χ0v) is 16.4. The van der Waals surface area contributed by atoms with Gasteiger partial charge in [0.2, 0.25) is 0 Å². The molecule has 152 valence electrons. The van der Waals surface area contributed by atoms with Gasteiger partial charge in [-0.15, -0.1) is 0 Å². The first kappa shape index (κ1) is 19.3. The first-order chi connectivity index (χ1) is 14.1. The van der Waals surface area contributed by atoms with Gasteiger partial charge in [0.05, 0.1) is 18.1 Å². The van der Waals surface area contributed by atoms with E-state index < -0.39 is 11.9 Å². The van der Waals surface area contributed by atoms with Gasteiger partial charge in [0.15, 0.2) is 11.5 Å². The summed E-state index contributed by atoms with van der Waals surface area (Å²) in [7, 11) is 0. The molecule has 2 aromatic rings. The largest absolute Gasteiger partial charge is 0.490 e. The van der Waals surface area contributed by atoms with Crippen molar-refractivity contribution in [2.45, 2.75) is 19.8 Å². The topological polar surface area (TPSA) is 76.1 Å². The predicted molar refractivity (Wildman–Crippen MR) is 107 cm³/mol. The van der Waals surface area contributed by atoms with E-state index in [9.17, 15) is 14.7 Å². The van der Waals surface area contributed by atoms with E-state index in [1.54, 1.807) is 29.2 Å². The van der Waals surface area contributed by atoms with Gasteiger partial charge < -0.3 is 19.5 Å². The highest BCUT2D eigenvalue weighted by atomic mass is 16.5. The maximum atomic E-state index is 13.2. The molecule has 2 aromatic carbocycles. The summed E-state index contributed by atoms with van der Waals surface area (Å²) < 4.78 is 11.7. The number of carbonyl (C=O) groups excluding carboxylic acids is 1. The van der Waals surface area contributed by atoms with Gasteiger partial charge in [-0.3, -0.25) is 9.59 Å². The third-order valence-electron chi connectivity index (χ3n) is 5.68. The lowest BCUT2D eigenvalue weighted by Crippen LogP contribution is -2.30. The number of hydrogen-bond donors (Lipinski definition) is 1. The van der Waals surface area contributed by atoms with Gasteiger partial charge in [0.25, 0.3) is 5.91 Å². The van der Waals surface area contributed by atoms with Crippen molar-refractivity contribution >= 4 is 11.9 Å². The van der Waals surface area contributed by atoms with Crippen molar-refractivity contribution in [3.8, 4) is 17.2 Å². The fraction of sp³-hybridized carbons (Fsp3) is 0.391. The second-order valence-corrected chi connectivity index (χ2v) is 7.63. The van der Waals surface area contributed by atoms with Gasteiger partial charge in [-0.25, -0.2) is 0 Å². The Bertz CT molecular complexity index is 908. The van der Waals surface area contributed by atoms with E-state index in [1.165, 1.54) is 0 Å². The lowest BCUT2D eigenvalue weighted by atomic mass is 9.92. The average Bonchev–Trinajstić information content (AvgIpc) is 3.47. The van der Waals surface area contributed by atoms with Gasteiger partial charge in [-0.2, -0.15) is 0 Å². The van der Waals surface area contributed by atoms with E-state index in [2.05, 4.69) is 0 Å². The van der Waals surface area contributed by atoms with Crippen LogP contribution in [-0.2, 0) is 4.79 Å². The second-order valence-electron chi connectivity index (χ2n) is 7.63. The van der Waals surface area contributed by atoms with E-state index in [1.807, 2.05) is 31.2 Å². The number of carbonyl (C=O) groups is 2. The molecule has 0 bridgehead atoms. The molecule has 6 heteroatoms. The van der Waals surface area contributed by atoms with Gasteiger partial charge in [0.1, 0.15) is 5.75 Å². The Hall–Kier alpha value is -3.02. The van der Waals surface area contributed by atoms with Crippen LogP contribution in [0.4, 0.5) is 0 Å². The smallest absolute Gasteiger partial charge is 0.308 e. The van der Waals surface area contributed by atoms with Crippen LogP contribution in [0, 0.1) is 17.8 Å². The van der Waals surface area contributed by atoms with Crippen molar-refractivity contribution < 1.29 is 24.2 Å². The Kier molecular flexibility index (Phi) is 5.43. The number of hydrogen-bond acceptors (Lipinski definition) is 4. The molecule has 1 saturated carbocycles. The summed E-state index contributed by atoms with van der Waals surface area (Å²) in [5.74, 6) is 0.566. The van der Waals surface area contributed by atoms with Gasteiger partial charge in [0, 0.05) is 13.1 Å². The summed E-state index contributed by atoms with van der Waals surface area (Å²) >= 11 is 0. The lowest BCUT2D eigenvalue weighted by molar-refractivity contribution is -0.142. The van der Waals surface area contributed by atoms with Crippen molar-refractivity contribution in [3.63, 3.8) is 0 Å². The maximum absolute atomic E-state index is 13.2. The highest BCUT2D eigenvalue weighted by Crippen LogP contribution is 2.44. The number of ether oxygens (including phenoxy) is 2. The van der Waals surface area contributed by atoms with Crippen molar-refractivity contribution in [1.29, 1.82) is 0 Å². The maximum Gasteiger partial charge on any atom is 0.308 e. The van der Waals surface area contributed by atoms with Crippen molar-refractivity contribution in [2.24, 2.45) is 17.8 Å². The standard InChI is InChI=1S/C23H25NO5/c1-2-28-20-9-5-6-10-21(20)29-19-8-4-3-7-16(19)22(25)24-13-17(15-11-12-15)18(14-24)23(26)27/h3-10,15,17-18H,2,11-14H2,1H3,(H,26,27)/t17-,18+/m1/s1. The minimum atomic E-state index is -0.813. The molecule has 0 aromatic heterocycles. The fourth-order valence-corrected chi connectivity index (χ4v) is 4.09. The van der Waals surface area contributed by atoms with Crippen LogP contribution in [0.15, 0.2) is 48.5 Å². The molecule has 29 heavy (non-hydrogen) atoms. The number of likely N-dealkylation sites (tertiary alicyclic amines) is 1. The Morgan fingerprint density at radius 3 is 2.31 bits per heavy atom. The summed E-state index contributed by atoms with van der Waals surface area (Å²) in [5, 5.41) is 9.58. The zero-order valence-electron chi connectivity index (χ0n) is 16.4. The van der Waals surface area contributed by atoms with E-state index in [0.717, 1.165) is 12.8 Å². The van der Waals surface area contributed by atoms with E-state index in [0.29, 0.717) is 41.9 Å². The van der Waals surface area contributed by atoms with Crippen LogP contribution in [0.3, 0.4) is 0 Å². The number of rotatable bonds is 7. The van der Waals surface area contributed by atoms with Crippen LogP contribution in [-0.4, -0.2) is 41.6 Å². The quantitative estimate of drug-likeness (QED) is 0.765. The molecule has 1 aliphatic carbocycles. The van der Waals surface area contributed by atoms with Crippen LogP contribution in [0.5, 0.6) is 17.2 Å². The molecule has 1 amide bonds. The molecule has 1 heterocycles. The molecular formula is C23H25NO5. The Balaban J connectivity index is 1.57. The Morgan fingerprint density at radius 2 is 1.66 bits per heavy atom. The lowest BCUT2D eigenvalue weighted by Gasteiger charge is -2.19. The molecule has 1 aliphatic heterocycles. The molecule has 0 unspecified atom stereocenters. The predicted octanol–water partition coefficient (Wildman–Crippen LogP) is 4.06. The summed E-state index contributed by atoms with van der Waals surface area (Å²) in [5.41, 5.74) is 0.430. The van der Waals surface area contributed by atoms with Crippen LogP contribution < -0.4 is 9.47 Å². The number of amides is 1. The van der Waals surface area contributed by atoms with Crippen LogP contribution >= 0.6 is 0 Å². The molecule has 1 saturated heterocycles. The molecule has 4 rings (SSSR count). The summed E-state index contributed by atoms with van der Waals surface area (Å²) in [6.45, 7) is 3.15. The third-order valence-corrected chi connectivity index (χ3v) is 5.68. The minimum Gasteiger partial charge on any atom is -0.490 e. The molecule has 0 spiro atoms. The molecule has 2 atom stereocenters. The van der Waals surface area contributed by atoms with E-state index in [4.69, 9.17) is 9.47 Å². The molecule has 2 aliphatic rings. The highest BCUT2D eigenvalue weighted by molar-refractivity contribution is 5.97. The van der Waals surface area contributed by atoms with Gasteiger partial charge in [-0.05, 0) is 55.9 Å². The van der Waals surface area contributed by atoms with Crippen molar-refractivity contribution in [2.75, 3.05) is 19.7 Å². The monoisotopic (exact) mass is 395 g/mol. The highest BCUT2D eigenvalue weighted by Gasteiger charge is 2.47. The molecule has 0 radical (unpaired) electrons. The third kappa shape index (κ3) is 4.06. The van der Waals surface area contributed by atoms with Crippen LogP contribution in [0.2, 0.25) is 0 Å². The first-order valence-electron chi connectivity index (χ1n) is 10.1. The van der Waals surface area contributed by atoms with E-state index >= 15 is 0 Å². The normalized spacial score (nSPS) is 21.1. The second kappa shape index (κ2) is 8.15. The van der Waals surface area contributed by atoms with E-state index in [-0.39, 0.29) is 18.4 Å². The molecule has 6 nitrogen and oxygen atoms in total. The molecule has 2 fully saturated rings. The Morgan fingerprint density at radius 1 is 1.00 bits per heavy atom. The number of carboxylic acid groups (broad SMARTS) is 1. The van der Waals surface area contributed by atoms with Crippen LogP contribution in [0.1, 0.15) is 30.1 Å². The molecular weight excluding hydrogens is 370 g/mol. The minimum absolute atomic E-state index is 0.0446. The number of carboxylic acids is 1. The Labute approximate surface area is 170 Å². The van der Waals surface area contributed by atoms with Crippen LogP contribution in [0.25, 0.3) is 0 Å².